The number of carbonyl (C=O) groups is 2. The van der Waals surface area contributed by atoms with Gasteiger partial charge in [0, 0.05) is 6.42 Å². The van der Waals surface area contributed by atoms with Gasteiger partial charge in [-0.2, -0.15) is 0 Å². The zero-order chi connectivity index (χ0) is 12.1. The molecule has 1 aromatic carbocycles. The smallest absolute Gasteiger partial charge is 0.338 e. The monoisotopic (exact) mass is 284 g/mol. The van der Waals surface area contributed by atoms with Crippen molar-refractivity contribution in [1.82, 2.24) is 0 Å². The van der Waals surface area contributed by atoms with Gasteiger partial charge < -0.3 is 4.74 Å². The maximum Gasteiger partial charge on any atom is 0.338 e. The van der Waals surface area contributed by atoms with Crippen LogP contribution in [0.3, 0.4) is 0 Å². The Kier molecular flexibility index (Phi) is 4.68. The second-order valence-electron chi connectivity index (χ2n) is 3.50. The molecule has 0 aliphatic rings. The highest BCUT2D eigenvalue weighted by Crippen LogP contribution is 2.14. The Balaban J connectivity index is 3.07. The Labute approximate surface area is 103 Å². The molecule has 0 amide bonds. The highest BCUT2D eigenvalue weighted by Gasteiger charge is 2.14. The summed E-state index contributed by atoms with van der Waals surface area (Å²) in [5.74, 6) is -0.366. The molecular formula is C12H13BrO3. The molecule has 0 atom stereocenters. The van der Waals surface area contributed by atoms with Crippen molar-refractivity contribution in [3.8, 4) is 0 Å². The normalized spacial score (nSPS) is 9.94. The molecule has 3 nitrogen and oxygen atoms in total. The summed E-state index contributed by atoms with van der Waals surface area (Å²) in [5.41, 5.74) is 2.15. The fraction of sp³-hybridized carbons (Fsp3) is 0.333. The van der Waals surface area contributed by atoms with E-state index in [4.69, 9.17) is 0 Å². The van der Waals surface area contributed by atoms with Gasteiger partial charge in [0.1, 0.15) is 5.78 Å². The van der Waals surface area contributed by atoms with Gasteiger partial charge in [0.15, 0.2) is 0 Å². The van der Waals surface area contributed by atoms with Crippen LogP contribution in [0.5, 0.6) is 0 Å². The van der Waals surface area contributed by atoms with Gasteiger partial charge in [-0.1, -0.05) is 33.6 Å². The molecule has 0 aliphatic heterocycles. The summed E-state index contributed by atoms with van der Waals surface area (Å²) in [6.07, 6.45) is 0.246. The third-order valence-corrected chi connectivity index (χ3v) is 2.83. The van der Waals surface area contributed by atoms with Crippen LogP contribution in [-0.2, 0) is 16.0 Å². The van der Waals surface area contributed by atoms with Crippen LogP contribution in [0.4, 0.5) is 0 Å². The van der Waals surface area contributed by atoms with Crippen molar-refractivity contribution in [2.75, 3.05) is 12.4 Å². The van der Waals surface area contributed by atoms with Crippen molar-refractivity contribution >= 4 is 27.7 Å². The molecule has 0 spiro atoms. The van der Waals surface area contributed by atoms with Crippen LogP contribution in [-0.4, -0.2) is 24.2 Å². The van der Waals surface area contributed by atoms with Crippen LogP contribution in [0.2, 0.25) is 0 Å². The molecule has 0 saturated heterocycles. The van der Waals surface area contributed by atoms with Gasteiger partial charge in [-0.25, -0.2) is 4.79 Å². The molecule has 0 bridgehead atoms. The second-order valence-corrected chi connectivity index (χ2v) is 4.06. The Morgan fingerprint density at radius 3 is 2.62 bits per heavy atom. The number of halogens is 1. The molecule has 1 rings (SSSR count). The quantitative estimate of drug-likeness (QED) is 0.629. The molecular weight excluding hydrogens is 272 g/mol. The van der Waals surface area contributed by atoms with Crippen molar-refractivity contribution < 1.29 is 14.3 Å². The lowest BCUT2D eigenvalue weighted by Gasteiger charge is -2.07. The van der Waals surface area contributed by atoms with Gasteiger partial charge in [0.2, 0.25) is 0 Å². The number of hydrogen-bond donors (Lipinski definition) is 0. The average molecular weight is 285 g/mol. The van der Waals surface area contributed by atoms with E-state index in [0.29, 0.717) is 16.5 Å². The Morgan fingerprint density at radius 1 is 1.38 bits per heavy atom. The molecule has 86 valence electrons. The number of carbonyl (C=O) groups excluding carboxylic acids is 2. The molecule has 16 heavy (non-hydrogen) atoms. The highest BCUT2D eigenvalue weighted by atomic mass is 79.9. The molecule has 0 fully saturated rings. The first-order valence-corrected chi connectivity index (χ1v) is 5.96. The van der Waals surface area contributed by atoms with Crippen molar-refractivity contribution in [2.45, 2.75) is 13.3 Å². The number of benzene rings is 1. The van der Waals surface area contributed by atoms with Crippen LogP contribution in [0, 0.1) is 6.92 Å². The second kappa shape index (κ2) is 5.80. The predicted molar refractivity (Wildman–Crippen MR) is 65.0 cm³/mol. The summed E-state index contributed by atoms with van der Waals surface area (Å²) in [4.78, 5) is 22.8. The number of hydrogen-bond acceptors (Lipinski definition) is 3. The number of methoxy groups -OCH3 is 1. The largest absolute Gasteiger partial charge is 0.465 e. The minimum atomic E-state index is -0.402. The van der Waals surface area contributed by atoms with Crippen molar-refractivity contribution in [3.05, 3.63) is 34.9 Å². The molecule has 0 unspecified atom stereocenters. The first kappa shape index (κ1) is 12.9. The fourth-order valence-electron chi connectivity index (χ4n) is 1.40. The summed E-state index contributed by atoms with van der Waals surface area (Å²) in [6.45, 7) is 1.89. The summed E-state index contributed by atoms with van der Waals surface area (Å²) >= 11 is 3.10. The lowest BCUT2D eigenvalue weighted by Crippen LogP contribution is -2.11. The molecule has 0 saturated carbocycles. The Bertz CT molecular complexity index is 413. The number of rotatable bonds is 4. The molecule has 0 aromatic heterocycles. The lowest BCUT2D eigenvalue weighted by molar-refractivity contribution is -0.115. The third-order valence-electron chi connectivity index (χ3n) is 2.21. The third kappa shape index (κ3) is 3.17. The maximum atomic E-state index is 11.5. The molecule has 4 heteroatoms. The minimum absolute atomic E-state index is 0.0361. The maximum absolute atomic E-state index is 11.5. The topological polar surface area (TPSA) is 43.4 Å². The van der Waals surface area contributed by atoms with Crippen LogP contribution in [0.25, 0.3) is 0 Å². The summed E-state index contributed by atoms with van der Waals surface area (Å²) < 4.78 is 4.69. The average Bonchev–Trinajstić information content (AvgIpc) is 2.30. The summed E-state index contributed by atoms with van der Waals surface area (Å²) in [5, 5.41) is 0.293. The van der Waals surface area contributed by atoms with Crippen LogP contribution < -0.4 is 0 Å². The van der Waals surface area contributed by atoms with E-state index in [1.54, 1.807) is 12.1 Å². The SMILES string of the molecule is COC(=O)c1cc(C)ccc1CC(=O)CBr. The number of Topliss-reactive ketones (excluding diaryl/α,β-unsaturated/α-hetero) is 1. The Morgan fingerprint density at radius 2 is 2.06 bits per heavy atom. The lowest BCUT2D eigenvalue weighted by atomic mass is 10.0. The van der Waals surface area contributed by atoms with E-state index in [0.717, 1.165) is 5.56 Å². The molecule has 0 aliphatic carbocycles. The van der Waals surface area contributed by atoms with Gasteiger partial charge in [-0.3, -0.25) is 4.79 Å². The highest BCUT2D eigenvalue weighted by molar-refractivity contribution is 9.09. The first-order valence-electron chi connectivity index (χ1n) is 4.84. The minimum Gasteiger partial charge on any atom is -0.465 e. The fourth-order valence-corrected chi connectivity index (χ4v) is 1.60. The van der Waals surface area contributed by atoms with Gasteiger partial charge in [-0.15, -0.1) is 0 Å². The zero-order valence-corrected chi connectivity index (χ0v) is 10.8. The Hall–Kier alpha value is -1.16. The van der Waals surface area contributed by atoms with Gasteiger partial charge in [0.25, 0.3) is 0 Å². The van der Waals surface area contributed by atoms with Crippen LogP contribution in [0.1, 0.15) is 21.5 Å². The van der Waals surface area contributed by atoms with Gasteiger partial charge >= 0.3 is 5.97 Å². The summed E-state index contributed by atoms with van der Waals surface area (Å²) in [6, 6.07) is 5.41. The van der Waals surface area contributed by atoms with E-state index in [2.05, 4.69) is 20.7 Å². The van der Waals surface area contributed by atoms with Crippen molar-refractivity contribution in [2.24, 2.45) is 0 Å². The number of ether oxygens (including phenoxy) is 1. The molecule has 0 radical (unpaired) electrons. The van der Waals surface area contributed by atoms with Crippen molar-refractivity contribution in [1.29, 1.82) is 0 Å². The van der Waals surface area contributed by atoms with Gasteiger partial charge in [0.05, 0.1) is 18.0 Å². The van der Waals surface area contributed by atoms with E-state index in [1.165, 1.54) is 7.11 Å². The van der Waals surface area contributed by atoms with E-state index in [1.807, 2.05) is 13.0 Å². The molecule has 0 heterocycles. The van der Waals surface area contributed by atoms with E-state index in [9.17, 15) is 9.59 Å². The van der Waals surface area contributed by atoms with Crippen LogP contribution >= 0.6 is 15.9 Å². The number of aryl methyl sites for hydroxylation is 1. The number of esters is 1. The number of ketones is 1. The van der Waals surface area contributed by atoms with E-state index in [-0.39, 0.29) is 12.2 Å². The van der Waals surface area contributed by atoms with E-state index >= 15 is 0 Å². The van der Waals surface area contributed by atoms with Crippen LogP contribution in [0.15, 0.2) is 18.2 Å². The summed E-state index contributed by atoms with van der Waals surface area (Å²) in [7, 11) is 1.33. The predicted octanol–water partition coefficient (Wildman–Crippen LogP) is 2.29. The molecule has 0 N–H and O–H groups in total. The standard InChI is InChI=1S/C12H13BrO3/c1-8-3-4-9(6-10(14)7-13)11(5-8)12(15)16-2/h3-5H,6-7H2,1-2H3. The van der Waals surface area contributed by atoms with E-state index < -0.39 is 5.97 Å². The number of alkyl halides is 1. The molecule has 1 aromatic rings. The van der Waals surface area contributed by atoms with Gasteiger partial charge in [-0.05, 0) is 18.6 Å². The first-order chi connectivity index (χ1) is 7.58. The van der Waals surface area contributed by atoms with Crippen molar-refractivity contribution in [3.63, 3.8) is 0 Å². The zero-order valence-electron chi connectivity index (χ0n) is 9.25.